The van der Waals surface area contributed by atoms with Gasteiger partial charge in [-0.25, -0.2) is 4.39 Å². The smallest absolute Gasteiger partial charge is 0.128 e. The highest BCUT2D eigenvalue weighted by atomic mass is 32.2. The monoisotopic (exact) mass is 280 g/mol. The Bertz CT molecular complexity index is 493. The number of halogens is 1. The molecule has 2 nitrogen and oxygen atoms in total. The van der Waals surface area contributed by atoms with E-state index in [1.165, 1.54) is 6.07 Å². The Hall–Kier alpha value is -1.02. The molecule has 1 aliphatic rings. The third-order valence-electron chi connectivity index (χ3n) is 3.12. The van der Waals surface area contributed by atoms with Crippen LogP contribution in [0.1, 0.15) is 24.5 Å². The summed E-state index contributed by atoms with van der Waals surface area (Å²) >= 11 is 1.74. The molecule has 0 saturated carbocycles. The van der Waals surface area contributed by atoms with Crippen molar-refractivity contribution in [2.75, 3.05) is 13.2 Å². The fourth-order valence-corrected chi connectivity index (χ4v) is 3.25. The molecule has 2 atom stereocenters. The van der Waals surface area contributed by atoms with Crippen LogP contribution in [-0.2, 0) is 10.5 Å². The van der Waals surface area contributed by atoms with E-state index in [0.29, 0.717) is 22.1 Å². The molecule has 1 aromatic carbocycles. The molecule has 102 valence electrons. The molecule has 0 bridgehead atoms. The molecule has 1 aromatic rings. The largest absolute Gasteiger partial charge is 0.384 e. The molecule has 19 heavy (non-hydrogen) atoms. The van der Waals surface area contributed by atoms with E-state index in [9.17, 15) is 4.39 Å². The number of aliphatic hydroxyl groups excluding tert-OH is 1. The zero-order valence-electron chi connectivity index (χ0n) is 10.9. The van der Waals surface area contributed by atoms with Crippen LogP contribution in [0.4, 0.5) is 4.39 Å². The van der Waals surface area contributed by atoms with Crippen LogP contribution in [0.5, 0.6) is 0 Å². The predicted molar refractivity (Wildman–Crippen MR) is 75.5 cm³/mol. The van der Waals surface area contributed by atoms with Crippen molar-refractivity contribution < 1.29 is 14.2 Å². The number of thioether (sulfide) groups is 1. The number of hydrogen-bond acceptors (Lipinski definition) is 3. The van der Waals surface area contributed by atoms with Crippen molar-refractivity contribution in [2.45, 2.75) is 30.5 Å². The Balaban J connectivity index is 1.97. The Labute approximate surface area is 117 Å². The number of rotatable bonds is 3. The molecule has 0 aromatic heterocycles. The van der Waals surface area contributed by atoms with E-state index in [2.05, 4.69) is 18.8 Å². The fourth-order valence-electron chi connectivity index (χ4n) is 2.01. The van der Waals surface area contributed by atoms with E-state index in [4.69, 9.17) is 9.84 Å². The van der Waals surface area contributed by atoms with Gasteiger partial charge in [-0.15, -0.1) is 0 Å². The van der Waals surface area contributed by atoms with Gasteiger partial charge in [-0.3, -0.25) is 0 Å². The lowest BCUT2D eigenvalue weighted by atomic mass is 10.1. The van der Waals surface area contributed by atoms with Crippen molar-refractivity contribution in [2.24, 2.45) is 0 Å². The van der Waals surface area contributed by atoms with Crippen molar-refractivity contribution >= 4 is 11.8 Å². The summed E-state index contributed by atoms with van der Waals surface area (Å²) in [6, 6.07) is 4.98. The minimum absolute atomic E-state index is 0.210. The predicted octanol–water partition coefficient (Wildman–Crippen LogP) is 2.58. The first kappa shape index (κ1) is 14.4. The van der Waals surface area contributed by atoms with Gasteiger partial charge in [0.05, 0.1) is 6.10 Å². The van der Waals surface area contributed by atoms with Gasteiger partial charge in [0.2, 0.25) is 0 Å². The molecule has 0 spiro atoms. The first-order valence-corrected chi connectivity index (χ1v) is 7.37. The molecule has 1 aliphatic heterocycles. The van der Waals surface area contributed by atoms with E-state index in [1.807, 2.05) is 0 Å². The minimum atomic E-state index is -0.233. The second-order valence-electron chi connectivity index (χ2n) is 4.48. The Kier molecular flexibility index (Phi) is 5.26. The van der Waals surface area contributed by atoms with Crippen LogP contribution >= 0.6 is 11.8 Å². The van der Waals surface area contributed by atoms with Crippen LogP contribution < -0.4 is 0 Å². The van der Waals surface area contributed by atoms with E-state index >= 15 is 0 Å². The van der Waals surface area contributed by atoms with E-state index < -0.39 is 0 Å². The van der Waals surface area contributed by atoms with Crippen LogP contribution in [0, 0.1) is 17.7 Å². The topological polar surface area (TPSA) is 29.5 Å². The lowest BCUT2D eigenvalue weighted by molar-refractivity contribution is 0.127. The Morgan fingerprint density at radius 1 is 1.53 bits per heavy atom. The fraction of sp³-hybridized carbons (Fsp3) is 0.467. The third kappa shape index (κ3) is 3.97. The molecular formula is C15H17FO2S. The van der Waals surface area contributed by atoms with Crippen molar-refractivity contribution in [3.63, 3.8) is 0 Å². The lowest BCUT2D eigenvalue weighted by Crippen LogP contribution is -2.13. The molecule has 4 heteroatoms. The van der Waals surface area contributed by atoms with Crippen LogP contribution in [0.25, 0.3) is 0 Å². The highest BCUT2D eigenvalue weighted by Gasteiger charge is 2.24. The molecular weight excluding hydrogens is 263 g/mol. The standard InChI is InChI=1S/C15H17FO2S/c1-11-15(6-8-18-11)19-10-13-5-4-12(3-2-7-17)9-14(13)16/h4-5,9,11,15,17H,6-8,10H2,1H3. The SMILES string of the molecule is CC1OCCC1SCc1ccc(C#CCO)cc1F. The maximum atomic E-state index is 13.9. The summed E-state index contributed by atoms with van der Waals surface area (Å²) in [6.45, 7) is 2.66. The van der Waals surface area contributed by atoms with Crippen LogP contribution in [0.3, 0.4) is 0 Å². The van der Waals surface area contributed by atoms with E-state index in [0.717, 1.165) is 13.0 Å². The molecule has 0 amide bonds. The minimum Gasteiger partial charge on any atom is -0.384 e. The number of hydrogen-bond donors (Lipinski definition) is 1. The van der Waals surface area contributed by atoms with Crippen LogP contribution in [0.15, 0.2) is 18.2 Å². The summed E-state index contributed by atoms with van der Waals surface area (Å²) in [5.74, 6) is 5.63. The maximum absolute atomic E-state index is 13.9. The number of benzene rings is 1. The summed E-state index contributed by atoms with van der Waals surface area (Å²) in [5, 5.41) is 9.05. The molecule has 0 aliphatic carbocycles. The van der Waals surface area contributed by atoms with Gasteiger partial charge in [-0.1, -0.05) is 17.9 Å². The van der Waals surface area contributed by atoms with Gasteiger partial charge in [-0.2, -0.15) is 11.8 Å². The Morgan fingerprint density at radius 2 is 2.37 bits per heavy atom. The van der Waals surface area contributed by atoms with Gasteiger partial charge in [-0.05, 0) is 31.0 Å². The van der Waals surface area contributed by atoms with Crippen molar-refractivity contribution in [3.8, 4) is 11.8 Å². The second kappa shape index (κ2) is 6.95. The first-order valence-electron chi connectivity index (χ1n) is 6.32. The van der Waals surface area contributed by atoms with Gasteiger partial charge >= 0.3 is 0 Å². The lowest BCUT2D eigenvalue weighted by Gasteiger charge is -2.13. The average molecular weight is 280 g/mol. The molecule has 1 N–H and O–H groups in total. The summed E-state index contributed by atoms with van der Waals surface area (Å²) in [4.78, 5) is 0. The zero-order valence-corrected chi connectivity index (χ0v) is 11.7. The molecule has 0 radical (unpaired) electrons. The molecule has 1 fully saturated rings. The van der Waals surface area contributed by atoms with Crippen molar-refractivity contribution in [3.05, 3.63) is 35.1 Å². The third-order valence-corrected chi connectivity index (χ3v) is 4.65. The molecule has 2 unspecified atom stereocenters. The quantitative estimate of drug-likeness (QED) is 0.863. The van der Waals surface area contributed by atoms with Gasteiger partial charge in [0.15, 0.2) is 0 Å². The number of aliphatic hydroxyl groups is 1. The second-order valence-corrected chi connectivity index (χ2v) is 5.71. The van der Waals surface area contributed by atoms with E-state index in [1.54, 1.807) is 23.9 Å². The summed E-state index contributed by atoms with van der Waals surface area (Å²) in [6.07, 6.45) is 1.29. The number of ether oxygens (including phenoxy) is 1. The Morgan fingerprint density at radius 3 is 3.00 bits per heavy atom. The highest BCUT2D eigenvalue weighted by molar-refractivity contribution is 7.99. The summed E-state index contributed by atoms with van der Waals surface area (Å²) < 4.78 is 19.4. The summed E-state index contributed by atoms with van der Waals surface area (Å²) in [7, 11) is 0. The van der Waals surface area contributed by atoms with Gasteiger partial charge in [0.25, 0.3) is 0 Å². The first-order chi connectivity index (χ1) is 9.20. The van der Waals surface area contributed by atoms with Gasteiger partial charge < -0.3 is 9.84 Å². The van der Waals surface area contributed by atoms with Crippen molar-refractivity contribution in [1.29, 1.82) is 0 Å². The van der Waals surface area contributed by atoms with Gasteiger partial charge in [0, 0.05) is 23.2 Å². The maximum Gasteiger partial charge on any atom is 0.128 e. The van der Waals surface area contributed by atoms with Crippen molar-refractivity contribution in [1.82, 2.24) is 0 Å². The van der Waals surface area contributed by atoms with Crippen LogP contribution in [-0.4, -0.2) is 29.7 Å². The van der Waals surface area contributed by atoms with Crippen LogP contribution in [0.2, 0.25) is 0 Å². The summed E-state index contributed by atoms with van der Waals surface area (Å²) in [5.41, 5.74) is 1.29. The normalized spacial score (nSPS) is 22.1. The highest BCUT2D eigenvalue weighted by Crippen LogP contribution is 2.29. The van der Waals surface area contributed by atoms with Gasteiger partial charge in [0.1, 0.15) is 12.4 Å². The zero-order chi connectivity index (χ0) is 13.7. The van der Waals surface area contributed by atoms with E-state index in [-0.39, 0.29) is 18.5 Å². The molecule has 1 saturated heterocycles. The molecule has 1 heterocycles. The molecule has 2 rings (SSSR count). The average Bonchev–Trinajstić information content (AvgIpc) is 2.81.